The van der Waals surface area contributed by atoms with Crippen LogP contribution in [-0.4, -0.2) is 18.9 Å². The second-order valence-electron chi connectivity index (χ2n) is 6.72. The number of amides is 2. The third kappa shape index (κ3) is 3.78. The molecule has 2 N–H and O–H groups in total. The number of ether oxygens (including phenoxy) is 1. The molecule has 4 rings (SSSR count). The molecule has 0 aliphatic carbocycles. The molecule has 0 saturated carbocycles. The van der Waals surface area contributed by atoms with E-state index in [-0.39, 0.29) is 18.2 Å². The van der Waals surface area contributed by atoms with Crippen molar-refractivity contribution in [1.29, 1.82) is 0 Å². The van der Waals surface area contributed by atoms with Gasteiger partial charge in [0.2, 0.25) is 11.8 Å². The molecule has 0 aliphatic rings. The maximum absolute atomic E-state index is 12.6. The molecule has 0 atom stereocenters. The van der Waals surface area contributed by atoms with Crippen molar-refractivity contribution in [2.45, 2.75) is 13.3 Å². The number of hydrogen-bond acceptors (Lipinski definition) is 4. The summed E-state index contributed by atoms with van der Waals surface area (Å²) in [4.78, 5) is 24.1. The maximum Gasteiger partial charge on any atom is 0.228 e. The molecule has 6 nitrogen and oxygen atoms in total. The molecule has 0 radical (unpaired) electrons. The van der Waals surface area contributed by atoms with Gasteiger partial charge in [0.05, 0.1) is 13.5 Å². The van der Waals surface area contributed by atoms with E-state index in [1.807, 2.05) is 42.5 Å². The first-order chi connectivity index (χ1) is 14.0. The number of hydrogen-bond donors (Lipinski definition) is 2. The first-order valence-corrected chi connectivity index (χ1v) is 9.20. The highest BCUT2D eigenvalue weighted by atomic mass is 16.5. The number of benzene rings is 3. The van der Waals surface area contributed by atoms with Gasteiger partial charge in [-0.15, -0.1) is 0 Å². The number of carbonyl (C=O) groups excluding carboxylic acids is 2. The lowest BCUT2D eigenvalue weighted by molar-refractivity contribution is -0.116. The summed E-state index contributed by atoms with van der Waals surface area (Å²) in [5.41, 5.74) is 3.45. The average molecular weight is 388 g/mol. The van der Waals surface area contributed by atoms with Gasteiger partial charge in [-0.3, -0.25) is 9.59 Å². The molecule has 2 amide bonds. The Morgan fingerprint density at radius 1 is 0.966 bits per heavy atom. The van der Waals surface area contributed by atoms with Crippen LogP contribution >= 0.6 is 0 Å². The maximum atomic E-state index is 12.6. The van der Waals surface area contributed by atoms with E-state index < -0.39 is 0 Å². The fraction of sp³-hybridized carbons (Fsp3) is 0.130. The van der Waals surface area contributed by atoms with Crippen molar-refractivity contribution in [1.82, 2.24) is 0 Å². The van der Waals surface area contributed by atoms with Crippen LogP contribution in [-0.2, 0) is 16.0 Å². The number of fused-ring (bicyclic) bond motifs is 3. The fourth-order valence-electron chi connectivity index (χ4n) is 3.41. The second kappa shape index (κ2) is 7.67. The van der Waals surface area contributed by atoms with Gasteiger partial charge in [-0.2, -0.15) is 0 Å². The van der Waals surface area contributed by atoms with Crippen LogP contribution in [0, 0.1) is 0 Å². The minimum Gasteiger partial charge on any atom is -0.493 e. The molecule has 29 heavy (non-hydrogen) atoms. The van der Waals surface area contributed by atoms with Gasteiger partial charge in [0.15, 0.2) is 11.3 Å². The highest BCUT2D eigenvalue weighted by Crippen LogP contribution is 2.38. The normalized spacial score (nSPS) is 10.8. The zero-order valence-electron chi connectivity index (χ0n) is 16.1. The zero-order chi connectivity index (χ0) is 20.4. The van der Waals surface area contributed by atoms with E-state index in [2.05, 4.69) is 10.6 Å². The average Bonchev–Trinajstić information content (AvgIpc) is 3.08. The Labute approximate surface area is 167 Å². The smallest absolute Gasteiger partial charge is 0.228 e. The van der Waals surface area contributed by atoms with E-state index in [1.54, 1.807) is 25.3 Å². The van der Waals surface area contributed by atoms with Crippen LogP contribution < -0.4 is 15.4 Å². The summed E-state index contributed by atoms with van der Waals surface area (Å²) < 4.78 is 11.4. The van der Waals surface area contributed by atoms with Crippen molar-refractivity contribution >= 4 is 45.1 Å². The molecule has 3 aromatic carbocycles. The van der Waals surface area contributed by atoms with E-state index in [4.69, 9.17) is 9.15 Å². The van der Waals surface area contributed by atoms with Gasteiger partial charge in [-0.25, -0.2) is 0 Å². The van der Waals surface area contributed by atoms with Gasteiger partial charge in [-0.1, -0.05) is 24.3 Å². The molecule has 0 spiro atoms. The molecule has 6 heteroatoms. The Bertz CT molecular complexity index is 1210. The molecular formula is C23H20N2O4. The lowest BCUT2D eigenvalue weighted by atomic mass is 10.0. The van der Waals surface area contributed by atoms with Crippen LogP contribution in [0.25, 0.3) is 21.9 Å². The Hall–Kier alpha value is -3.80. The molecule has 0 bridgehead atoms. The number of furan rings is 1. The number of methoxy groups -OCH3 is 1. The van der Waals surface area contributed by atoms with Crippen molar-refractivity contribution in [2.24, 2.45) is 0 Å². The Morgan fingerprint density at radius 3 is 2.48 bits per heavy atom. The molecule has 4 aromatic rings. The van der Waals surface area contributed by atoms with Crippen LogP contribution in [0.3, 0.4) is 0 Å². The Morgan fingerprint density at radius 2 is 1.76 bits per heavy atom. The highest BCUT2D eigenvalue weighted by Gasteiger charge is 2.18. The summed E-state index contributed by atoms with van der Waals surface area (Å²) in [6.07, 6.45) is 0.175. The lowest BCUT2D eigenvalue weighted by Gasteiger charge is -2.08. The summed E-state index contributed by atoms with van der Waals surface area (Å²) in [7, 11) is 1.58. The molecule has 0 unspecified atom stereocenters. The van der Waals surface area contributed by atoms with Crippen LogP contribution in [0.4, 0.5) is 11.4 Å². The first-order valence-electron chi connectivity index (χ1n) is 9.20. The largest absolute Gasteiger partial charge is 0.493 e. The molecule has 0 aliphatic heterocycles. The number of anilines is 2. The minimum atomic E-state index is -0.155. The summed E-state index contributed by atoms with van der Waals surface area (Å²) in [5.74, 6) is 0.303. The van der Waals surface area contributed by atoms with Gasteiger partial charge in [-0.05, 0) is 42.0 Å². The molecule has 0 fully saturated rings. The van der Waals surface area contributed by atoms with Crippen LogP contribution in [0.2, 0.25) is 0 Å². The summed E-state index contributed by atoms with van der Waals surface area (Å²) in [6, 6.07) is 18.4. The van der Waals surface area contributed by atoms with Gasteiger partial charge in [0, 0.05) is 29.1 Å². The first kappa shape index (κ1) is 18.6. The molecule has 1 aromatic heterocycles. The number of nitrogens with one attached hydrogen (secondary N) is 2. The summed E-state index contributed by atoms with van der Waals surface area (Å²) in [5, 5.41) is 7.30. The van der Waals surface area contributed by atoms with Gasteiger partial charge < -0.3 is 19.8 Å². The Balaban J connectivity index is 1.78. The van der Waals surface area contributed by atoms with E-state index in [0.717, 1.165) is 22.0 Å². The lowest BCUT2D eigenvalue weighted by Crippen LogP contribution is -2.14. The zero-order valence-corrected chi connectivity index (χ0v) is 16.1. The topological polar surface area (TPSA) is 80.6 Å². The van der Waals surface area contributed by atoms with E-state index in [9.17, 15) is 9.59 Å². The molecule has 0 saturated heterocycles. The monoisotopic (exact) mass is 388 g/mol. The fourth-order valence-corrected chi connectivity index (χ4v) is 3.41. The van der Waals surface area contributed by atoms with Crippen molar-refractivity contribution < 1.29 is 18.7 Å². The van der Waals surface area contributed by atoms with Crippen molar-refractivity contribution in [3.05, 3.63) is 66.2 Å². The van der Waals surface area contributed by atoms with Crippen LogP contribution in [0.1, 0.15) is 12.5 Å². The third-order valence-electron chi connectivity index (χ3n) is 4.62. The summed E-state index contributed by atoms with van der Waals surface area (Å²) in [6.45, 7) is 1.46. The minimum absolute atomic E-state index is 0.130. The van der Waals surface area contributed by atoms with Crippen molar-refractivity contribution in [2.75, 3.05) is 17.7 Å². The van der Waals surface area contributed by atoms with E-state index >= 15 is 0 Å². The third-order valence-corrected chi connectivity index (χ3v) is 4.62. The van der Waals surface area contributed by atoms with Gasteiger partial charge in [0.1, 0.15) is 5.58 Å². The standard InChI is InChI=1S/C23H20N2O4/c1-14(26)24-17-9-11-19-18(13-17)22-15(8-10-20(28-2)23(22)29-19)12-21(27)25-16-6-4-3-5-7-16/h3-11,13H,12H2,1-2H3,(H,24,26)(H,25,27). The molecule has 146 valence electrons. The van der Waals surface area contributed by atoms with Crippen LogP contribution in [0.15, 0.2) is 65.1 Å². The van der Waals surface area contributed by atoms with Crippen LogP contribution in [0.5, 0.6) is 5.75 Å². The second-order valence-corrected chi connectivity index (χ2v) is 6.72. The number of rotatable bonds is 5. The van der Waals surface area contributed by atoms with Gasteiger partial charge in [0.25, 0.3) is 0 Å². The van der Waals surface area contributed by atoms with E-state index in [1.165, 1.54) is 6.92 Å². The number of carbonyl (C=O) groups is 2. The summed E-state index contributed by atoms with van der Waals surface area (Å²) >= 11 is 0. The predicted molar refractivity (Wildman–Crippen MR) is 113 cm³/mol. The molecular weight excluding hydrogens is 368 g/mol. The van der Waals surface area contributed by atoms with Crippen molar-refractivity contribution in [3.63, 3.8) is 0 Å². The van der Waals surface area contributed by atoms with Crippen molar-refractivity contribution in [3.8, 4) is 5.75 Å². The Kier molecular flexibility index (Phi) is 4.91. The van der Waals surface area contributed by atoms with Gasteiger partial charge >= 0.3 is 0 Å². The SMILES string of the molecule is COc1ccc(CC(=O)Nc2ccccc2)c2c1oc1ccc(NC(C)=O)cc12. The quantitative estimate of drug-likeness (QED) is 0.518. The predicted octanol–water partition coefficient (Wildman–Crippen LogP) is 4.73. The highest BCUT2D eigenvalue weighted by molar-refractivity contribution is 6.11. The number of para-hydroxylation sites is 1. The molecule has 1 heterocycles. The van der Waals surface area contributed by atoms with E-state index in [0.29, 0.717) is 22.6 Å².